The normalized spacial score (nSPS) is 21.5. The Morgan fingerprint density at radius 1 is 1.55 bits per heavy atom. The fraction of sp³-hybridized carbons (Fsp3) is 0.375. The van der Waals surface area contributed by atoms with Gasteiger partial charge in [0.2, 0.25) is 5.91 Å². The Bertz CT molecular complexity index is 545. The van der Waals surface area contributed by atoms with Crippen molar-refractivity contribution in [3.63, 3.8) is 0 Å². The fourth-order valence-electron chi connectivity index (χ4n) is 2.25. The second-order valence-corrected chi connectivity index (χ2v) is 5.09. The van der Waals surface area contributed by atoms with Crippen LogP contribution in [0.15, 0.2) is 36.9 Å². The summed E-state index contributed by atoms with van der Waals surface area (Å²) in [6.07, 6.45) is 1.81. The fourth-order valence-corrected chi connectivity index (χ4v) is 2.25. The van der Waals surface area contributed by atoms with Gasteiger partial charge in [-0.2, -0.15) is 5.26 Å². The van der Waals surface area contributed by atoms with Gasteiger partial charge < -0.3 is 9.64 Å². The van der Waals surface area contributed by atoms with Crippen LogP contribution in [0.1, 0.15) is 17.5 Å². The predicted molar refractivity (Wildman–Crippen MR) is 75.7 cm³/mol. The van der Waals surface area contributed by atoms with Crippen molar-refractivity contribution < 1.29 is 9.53 Å². The molecule has 1 heterocycles. The molecule has 104 valence electrons. The third kappa shape index (κ3) is 3.06. The molecule has 1 fully saturated rings. The lowest BCUT2D eigenvalue weighted by Crippen LogP contribution is -2.36. The van der Waals surface area contributed by atoms with Crippen LogP contribution in [0.4, 0.5) is 0 Å². The second-order valence-electron chi connectivity index (χ2n) is 5.09. The maximum Gasteiger partial charge on any atom is 0.246 e. The van der Waals surface area contributed by atoms with Gasteiger partial charge >= 0.3 is 0 Å². The molecule has 0 saturated carbocycles. The number of nitrogens with zero attached hydrogens (tertiary/aromatic N) is 2. The average molecular weight is 270 g/mol. The van der Waals surface area contributed by atoms with E-state index in [4.69, 9.17) is 4.74 Å². The highest BCUT2D eigenvalue weighted by atomic mass is 16.5. The summed E-state index contributed by atoms with van der Waals surface area (Å²) in [5.74, 6) is -0.152. The molecule has 0 aromatic heterocycles. The Hall–Kier alpha value is -2.12. The summed E-state index contributed by atoms with van der Waals surface area (Å²) in [5.41, 5.74) is 1.31. The minimum atomic E-state index is -0.899. The first-order chi connectivity index (χ1) is 9.58. The average Bonchev–Trinajstić information content (AvgIpc) is 2.91. The number of carbonyl (C=O) groups is 1. The number of benzene rings is 1. The molecule has 1 atom stereocenters. The SMILES string of the molecule is C=CC(=O)N1CCC(C#N)(OCc2ccc(C)cc2)C1. The van der Waals surface area contributed by atoms with E-state index in [9.17, 15) is 10.1 Å². The van der Waals surface area contributed by atoms with Gasteiger partial charge in [-0.15, -0.1) is 0 Å². The first-order valence-electron chi connectivity index (χ1n) is 6.61. The largest absolute Gasteiger partial charge is 0.353 e. The number of ether oxygens (including phenoxy) is 1. The second kappa shape index (κ2) is 5.89. The zero-order valence-corrected chi connectivity index (χ0v) is 11.6. The van der Waals surface area contributed by atoms with Crippen molar-refractivity contribution >= 4 is 5.91 Å². The van der Waals surface area contributed by atoms with Crippen molar-refractivity contribution in [1.82, 2.24) is 4.90 Å². The van der Waals surface area contributed by atoms with E-state index in [1.54, 1.807) is 4.90 Å². The Kier molecular flexibility index (Phi) is 4.21. The highest BCUT2D eigenvalue weighted by Crippen LogP contribution is 2.26. The summed E-state index contributed by atoms with van der Waals surface area (Å²) in [7, 11) is 0. The van der Waals surface area contributed by atoms with Crippen molar-refractivity contribution in [1.29, 1.82) is 5.26 Å². The van der Waals surface area contributed by atoms with Crippen LogP contribution in [0.5, 0.6) is 0 Å². The minimum Gasteiger partial charge on any atom is -0.353 e. The number of carbonyl (C=O) groups excluding carboxylic acids is 1. The third-order valence-corrected chi connectivity index (χ3v) is 3.56. The number of likely N-dealkylation sites (tertiary alicyclic amines) is 1. The number of amides is 1. The monoisotopic (exact) mass is 270 g/mol. The van der Waals surface area contributed by atoms with Crippen molar-refractivity contribution in [3.05, 3.63) is 48.0 Å². The molecule has 1 aromatic rings. The lowest BCUT2D eigenvalue weighted by molar-refractivity contribution is -0.126. The van der Waals surface area contributed by atoms with E-state index in [1.165, 1.54) is 11.6 Å². The highest BCUT2D eigenvalue weighted by molar-refractivity contribution is 5.87. The number of hydrogen-bond donors (Lipinski definition) is 0. The molecule has 0 spiro atoms. The van der Waals surface area contributed by atoms with Gasteiger partial charge in [0.1, 0.15) is 0 Å². The van der Waals surface area contributed by atoms with Gasteiger partial charge in [-0.25, -0.2) is 0 Å². The van der Waals surface area contributed by atoms with Crippen LogP contribution in [0.2, 0.25) is 0 Å². The molecule has 1 saturated heterocycles. The molecule has 1 aliphatic rings. The first kappa shape index (κ1) is 14.3. The zero-order valence-electron chi connectivity index (χ0n) is 11.6. The smallest absolute Gasteiger partial charge is 0.246 e. The maximum absolute atomic E-state index is 11.6. The molecule has 0 radical (unpaired) electrons. The maximum atomic E-state index is 11.6. The topological polar surface area (TPSA) is 53.3 Å². The van der Waals surface area contributed by atoms with Gasteiger partial charge in [0.25, 0.3) is 0 Å². The van der Waals surface area contributed by atoms with Gasteiger partial charge in [-0.3, -0.25) is 4.79 Å². The van der Waals surface area contributed by atoms with E-state index in [0.717, 1.165) is 5.56 Å². The standard InChI is InChI=1S/C16H18N2O2/c1-3-15(19)18-9-8-16(11-17,12-18)20-10-14-6-4-13(2)5-7-14/h3-7H,1,8-10,12H2,2H3. The summed E-state index contributed by atoms with van der Waals surface area (Å²) in [4.78, 5) is 13.2. The quantitative estimate of drug-likeness (QED) is 0.788. The molecule has 0 N–H and O–H groups in total. The van der Waals surface area contributed by atoms with Crippen LogP contribution in [0.25, 0.3) is 0 Å². The molecular weight excluding hydrogens is 252 g/mol. The number of hydrogen-bond acceptors (Lipinski definition) is 3. The molecule has 2 rings (SSSR count). The number of nitriles is 1. The van der Waals surface area contributed by atoms with E-state index in [1.807, 2.05) is 31.2 Å². The summed E-state index contributed by atoms with van der Waals surface area (Å²) < 4.78 is 5.80. The van der Waals surface area contributed by atoms with Gasteiger partial charge in [0.05, 0.1) is 19.2 Å². The summed E-state index contributed by atoms with van der Waals surface area (Å²) in [6, 6.07) is 10.2. The lowest BCUT2D eigenvalue weighted by Gasteiger charge is -2.22. The van der Waals surface area contributed by atoms with E-state index in [2.05, 4.69) is 12.6 Å². The molecule has 1 aliphatic heterocycles. The van der Waals surface area contributed by atoms with Crippen molar-refractivity contribution in [3.8, 4) is 6.07 Å². The molecule has 1 aromatic carbocycles. The van der Waals surface area contributed by atoms with E-state index in [-0.39, 0.29) is 5.91 Å². The Labute approximate surface area is 119 Å². The molecule has 0 bridgehead atoms. The molecule has 0 aliphatic carbocycles. The van der Waals surface area contributed by atoms with Crippen LogP contribution >= 0.6 is 0 Å². The first-order valence-corrected chi connectivity index (χ1v) is 6.61. The highest BCUT2D eigenvalue weighted by Gasteiger charge is 2.40. The molecule has 4 heteroatoms. The van der Waals surface area contributed by atoms with Crippen LogP contribution in [0, 0.1) is 18.3 Å². The van der Waals surface area contributed by atoms with Crippen LogP contribution < -0.4 is 0 Å². The van der Waals surface area contributed by atoms with Crippen molar-refractivity contribution in [2.45, 2.75) is 25.6 Å². The summed E-state index contributed by atoms with van der Waals surface area (Å²) in [6.45, 7) is 6.71. The van der Waals surface area contributed by atoms with Crippen molar-refractivity contribution in [2.24, 2.45) is 0 Å². The van der Waals surface area contributed by atoms with Crippen LogP contribution in [-0.2, 0) is 16.1 Å². The summed E-state index contributed by atoms with van der Waals surface area (Å²) >= 11 is 0. The third-order valence-electron chi connectivity index (χ3n) is 3.56. The Morgan fingerprint density at radius 3 is 2.85 bits per heavy atom. The minimum absolute atomic E-state index is 0.152. The van der Waals surface area contributed by atoms with E-state index in [0.29, 0.717) is 26.1 Å². The van der Waals surface area contributed by atoms with Gasteiger partial charge in [0, 0.05) is 13.0 Å². The molecule has 4 nitrogen and oxygen atoms in total. The number of aryl methyl sites for hydroxylation is 1. The van der Waals surface area contributed by atoms with Crippen molar-refractivity contribution in [2.75, 3.05) is 13.1 Å². The van der Waals surface area contributed by atoms with Crippen LogP contribution in [-0.4, -0.2) is 29.5 Å². The molecule has 1 unspecified atom stereocenters. The van der Waals surface area contributed by atoms with Gasteiger partial charge in [-0.05, 0) is 18.6 Å². The van der Waals surface area contributed by atoms with Gasteiger partial charge in [0.15, 0.2) is 5.60 Å². The summed E-state index contributed by atoms with van der Waals surface area (Å²) in [5, 5.41) is 9.37. The van der Waals surface area contributed by atoms with Crippen LogP contribution in [0.3, 0.4) is 0 Å². The molecular formula is C16H18N2O2. The number of rotatable bonds is 4. The molecule has 1 amide bonds. The Morgan fingerprint density at radius 2 is 2.25 bits per heavy atom. The predicted octanol–water partition coefficient (Wildman–Crippen LogP) is 2.19. The molecule has 20 heavy (non-hydrogen) atoms. The van der Waals surface area contributed by atoms with Gasteiger partial charge in [-0.1, -0.05) is 36.4 Å². The lowest BCUT2D eigenvalue weighted by atomic mass is 10.1. The zero-order chi connectivity index (χ0) is 14.6. The van der Waals surface area contributed by atoms with E-state index < -0.39 is 5.60 Å². The van der Waals surface area contributed by atoms with E-state index >= 15 is 0 Å². The Balaban J connectivity index is 1.99.